The summed E-state index contributed by atoms with van der Waals surface area (Å²) in [6.07, 6.45) is 4.83. The number of carbonyl (C=O) groups is 1. The number of aromatic amines is 1. The smallest absolute Gasteiger partial charge is 0.234 e. The van der Waals surface area contributed by atoms with Crippen molar-refractivity contribution in [2.45, 2.75) is 71.5 Å². The molecule has 0 saturated carbocycles. The number of anilines is 1. The second-order valence-corrected chi connectivity index (χ2v) is 11.4. The minimum Gasteiger partial charge on any atom is -0.379 e. The van der Waals surface area contributed by atoms with Crippen molar-refractivity contribution in [3.8, 4) is 11.3 Å². The van der Waals surface area contributed by atoms with Crippen molar-refractivity contribution < 1.29 is 13.9 Å². The van der Waals surface area contributed by atoms with Crippen molar-refractivity contribution in [1.82, 2.24) is 25.7 Å². The van der Waals surface area contributed by atoms with Gasteiger partial charge in [-0.25, -0.2) is 9.38 Å². The lowest BCUT2D eigenvalue weighted by Gasteiger charge is -2.44. The van der Waals surface area contributed by atoms with Crippen molar-refractivity contribution in [2.24, 2.45) is 10.4 Å². The minimum absolute atomic E-state index is 0.0244. The Morgan fingerprint density at radius 1 is 1.26 bits per heavy atom. The lowest BCUT2D eigenvalue weighted by molar-refractivity contribution is -0.132. The van der Waals surface area contributed by atoms with Crippen molar-refractivity contribution in [2.75, 3.05) is 38.2 Å². The standard InChI is InChI=1S/C28H42FN7O2/c1-5-6-12-28(13-11-24(30-19-28)36-14-16-38-17-15-36)25(37)32-26(33-27(2,3)4)31-23-18-22(34-35-23)20-7-9-21(29)10-8-20/h7-10,18,24,30H,5-6,11-17,19H2,1-4H3,(H3,31,32,33,34,35,37). The Balaban J connectivity index is 1.48. The van der Waals surface area contributed by atoms with Gasteiger partial charge in [0.1, 0.15) is 5.82 Å². The third kappa shape index (κ3) is 7.39. The van der Waals surface area contributed by atoms with Gasteiger partial charge in [0.2, 0.25) is 11.9 Å². The van der Waals surface area contributed by atoms with Gasteiger partial charge in [0.05, 0.1) is 36.0 Å². The van der Waals surface area contributed by atoms with Crippen LogP contribution in [-0.2, 0) is 9.53 Å². The number of piperidine rings is 1. The molecular formula is C28H42FN7O2. The summed E-state index contributed by atoms with van der Waals surface area (Å²) in [4.78, 5) is 21.1. The topological polar surface area (TPSA) is 107 Å². The average molecular weight is 528 g/mol. The number of morpholine rings is 1. The van der Waals surface area contributed by atoms with Crippen LogP contribution in [0.5, 0.6) is 0 Å². The summed E-state index contributed by atoms with van der Waals surface area (Å²) in [7, 11) is 0. The second-order valence-electron chi connectivity index (χ2n) is 11.4. The zero-order valence-corrected chi connectivity index (χ0v) is 23.1. The highest BCUT2D eigenvalue weighted by molar-refractivity contribution is 6.05. The predicted octanol–water partition coefficient (Wildman–Crippen LogP) is 4.12. The van der Waals surface area contributed by atoms with E-state index in [0.717, 1.165) is 69.7 Å². The van der Waals surface area contributed by atoms with E-state index in [0.29, 0.717) is 18.3 Å². The fourth-order valence-electron chi connectivity index (χ4n) is 5.10. The maximum Gasteiger partial charge on any atom is 0.234 e. The Kier molecular flexibility index (Phi) is 9.17. The number of nitrogens with one attached hydrogen (secondary N) is 4. The normalized spacial score (nSPS) is 23.3. The van der Waals surface area contributed by atoms with Crippen molar-refractivity contribution >= 4 is 17.7 Å². The minimum atomic E-state index is -0.510. The molecule has 1 amide bonds. The Morgan fingerprint density at radius 2 is 2.00 bits per heavy atom. The molecule has 2 aliphatic heterocycles. The van der Waals surface area contributed by atoms with E-state index in [1.807, 2.05) is 26.8 Å². The molecule has 2 aliphatic rings. The van der Waals surface area contributed by atoms with Crippen LogP contribution in [0.4, 0.5) is 10.2 Å². The number of ether oxygens (including phenoxy) is 1. The fourth-order valence-corrected chi connectivity index (χ4v) is 5.10. The molecule has 2 unspecified atom stereocenters. The molecule has 4 N–H and O–H groups in total. The molecule has 4 rings (SSSR count). The zero-order chi connectivity index (χ0) is 27.2. The average Bonchev–Trinajstić information content (AvgIpc) is 3.36. The number of hydrogen-bond donors (Lipinski definition) is 4. The number of carbonyl (C=O) groups excluding carboxylic acids is 1. The number of aromatic nitrogens is 2. The molecule has 1 aromatic heterocycles. The summed E-state index contributed by atoms with van der Waals surface area (Å²) in [5.74, 6) is 0.568. The number of benzene rings is 1. The van der Waals surface area contributed by atoms with Crippen LogP contribution >= 0.6 is 0 Å². The van der Waals surface area contributed by atoms with E-state index in [2.05, 4.69) is 38.0 Å². The molecule has 0 bridgehead atoms. The van der Waals surface area contributed by atoms with Crippen molar-refractivity contribution in [3.05, 3.63) is 36.1 Å². The number of rotatable bonds is 7. The van der Waals surface area contributed by atoms with E-state index in [1.54, 1.807) is 12.1 Å². The van der Waals surface area contributed by atoms with Gasteiger partial charge in [-0.1, -0.05) is 19.8 Å². The highest BCUT2D eigenvalue weighted by Crippen LogP contribution is 2.35. The number of nitrogens with zero attached hydrogens (tertiary/aromatic N) is 3. The third-order valence-corrected chi connectivity index (χ3v) is 7.21. The van der Waals surface area contributed by atoms with E-state index in [4.69, 9.17) is 9.73 Å². The number of aliphatic imine (C=N–C) groups is 1. The van der Waals surface area contributed by atoms with Gasteiger partial charge < -0.3 is 15.4 Å². The van der Waals surface area contributed by atoms with Crippen LogP contribution in [0.2, 0.25) is 0 Å². The van der Waals surface area contributed by atoms with Gasteiger partial charge in [-0.2, -0.15) is 5.10 Å². The highest BCUT2D eigenvalue weighted by Gasteiger charge is 2.43. The van der Waals surface area contributed by atoms with E-state index >= 15 is 0 Å². The lowest BCUT2D eigenvalue weighted by Crippen LogP contribution is -2.60. The molecule has 2 atom stereocenters. The maximum atomic E-state index is 13.9. The van der Waals surface area contributed by atoms with Crippen molar-refractivity contribution in [1.29, 1.82) is 0 Å². The molecule has 2 saturated heterocycles. The summed E-state index contributed by atoms with van der Waals surface area (Å²) < 4.78 is 18.8. The van der Waals surface area contributed by atoms with E-state index < -0.39 is 11.0 Å². The molecule has 2 aromatic rings. The quantitative estimate of drug-likeness (QED) is 0.319. The van der Waals surface area contributed by atoms with Crippen LogP contribution < -0.4 is 16.0 Å². The first-order valence-corrected chi connectivity index (χ1v) is 13.7. The first kappa shape index (κ1) is 28.2. The summed E-state index contributed by atoms with van der Waals surface area (Å²) in [6, 6.07) is 8.02. The van der Waals surface area contributed by atoms with Crippen LogP contribution in [0.15, 0.2) is 35.3 Å². The monoisotopic (exact) mass is 527 g/mol. The number of halogens is 1. The molecule has 3 heterocycles. The van der Waals surface area contributed by atoms with Crippen LogP contribution in [0, 0.1) is 11.2 Å². The second kappa shape index (κ2) is 12.4. The molecule has 2 fully saturated rings. The summed E-state index contributed by atoms with van der Waals surface area (Å²) in [5, 5.41) is 17.3. The molecular weight excluding hydrogens is 485 g/mol. The fraction of sp³-hybridized carbons (Fsp3) is 0.607. The zero-order valence-electron chi connectivity index (χ0n) is 23.1. The molecule has 9 nitrogen and oxygen atoms in total. The lowest BCUT2D eigenvalue weighted by atomic mass is 9.75. The number of guanidine groups is 1. The van der Waals surface area contributed by atoms with Gasteiger partial charge in [-0.15, -0.1) is 0 Å². The van der Waals surface area contributed by atoms with Crippen LogP contribution in [0.25, 0.3) is 11.3 Å². The van der Waals surface area contributed by atoms with Crippen LogP contribution in [0.1, 0.15) is 59.8 Å². The Bertz CT molecular complexity index is 1080. The predicted molar refractivity (Wildman–Crippen MR) is 148 cm³/mol. The van der Waals surface area contributed by atoms with Crippen LogP contribution in [0.3, 0.4) is 0 Å². The Morgan fingerprint density at radius 3 is 2.63 bits per heavy atom. The molecule has 0 spiro atoms. The maximum absolute atomic E-state index is 13.9. The number of unbranched alkanes of at least 4 members (excludes halogenated alkanes) is 1. The number of amides is 1. The first-order chi connectivity index (χ1) is 18.2. The van der Waals surface area contributed by atoms with Gasteiger partial charge >= 0.3 is 0 Å². The molecule has 1 aromatic carbocycles. The van der Waals surface area contributed by atoms with Gasteiger partial charge in [-0.05, 0) is 69.9 Å². The largest absolute Gasteiger partial charge is 0.379 e. The third-order valence-electron chi connectivity index (χ3n) is 7.21. The molecule has 0 aliphatic carbocycles. The summed E-state index contributed by atoms with van der Waals surface area (Å²) in [5.41, 5.74) is 0.615. The van der Waals surface area contributed by atoms with Gasteiger partial charge in [0.25, 0.3) is 0 Å². The van der Waals surface area contributed by atoms with E-state index in [9.17, 15) is 9.18 Å². The van der Waals surface area contributed by atoms with Gasteiger partial charge in [0.15, 0.2) is 5.82 Å². The molecule has 0 radical (unpaired) electrons. The Hall–Kier alpha value is -2.82. The van der Waals surface area contributed by atoms with Crippen LogP contribution in [-0.4, -0.2) is 71.5 Å². The van der Waals surface area contributed by atoms with E-state index in [1.165, 1.54) is 12.1 Å². The van der Waals surface area contributed by atoms with E-state index in [-0.39, 0.29) is 17.9 Å². The first-order valence-electron chi connectivity index (χ1n) is 13.7. The molecule has 208 valence electrons. The molecule has 38 heavy (non-hydrogen) atoms. The number of H-pyrrole nitrogens is 1. The van der Waals surface area contributed by atoms with Gasteiger partial charge in [0, 0.05) is 25.7 Å². The summed E-state index contributed by atoms with van der Waals surface area (Å²) in [6.45, 7) is 12.1. The Labute approximate surface area is 225 Å². The highest BCUT2D eigenvalue weighted by atomic mass is 19.1. The molecule has 10 heteroatoms. The van der Waals surface area contributed by atoms with Crippen molar-refractivity contribution in [3.63, 3.8) is 0 Å². The SMILES string of the molecule is CCCCC1(C(=O)NC(=NC(C)(C)C)Nc2cc(-c3ccc(F)cc3)[nH]n2)CCC(N2CCOCC2)NC1. The number of hydrogen-bond acceptors (Lipinski definition) is 6. The van der Waals surface area contributed by atoms with Gasteiger partial charge in [-0.3, -0.25) is 20.1 Å². The summed E-state index contributed by atoms with van der Waals surface area (Å²) >= 11 is 0.